The molecule has 3 aromatic rings. The Labute approximate surface area is 183 Å². The first-order chi connectivity index (χ1) is 14.9. The highest BCUT2D eigenvalue weighted by Gasteiger charge is 2.34. The number of aldehydes is 1. The average Bonchev–Trinajstić information content (AvgIpc) is 3.36. The number of hydrogen-bond donors (Lipinski definition) is 2. The number of carbonyl (C=O) groups is 2. The number of hydrogen-bond acceptors (Lipinski definition) is 3. The van der Waals surface area contributed by atoms with E-state index in [-0.39, 0.29) is 11.3 Å². The quantitative estimate of drug-likeness (QED) is 0.472. The van der Waals surface area contributed by atoms with Crippen molar-refractivity contribution in [2.75, 3.05) is 0 Å². The van der Waals surface area contributed by atoms with Crippen LogP contribution in [0, 0.1) is 11.3 Å². The number of imidazole rings is 1. The smallest absolute Gasteiger partial charge is 0.255 e. The summed E-state index contributed by atoms with van der Waals surface area (Å²) in [5, 5.41) is 2.98. The zero-order valence-electron chi connectivity index (χ0n) is 18.2. The Morgan fingerprint density at radius 2 is 2.06 bits per heavy atom. The molecule has 0 bridgehead atoms. The van der Waals surface area contributed by atoms with E-state index in [4.69, 9.17) is 0 Å². The lowest BCUT2D eigenvalue weighted by Crippen LogP contribution is -2.26. The van der Waals surface area contributed by atoms with E-state index in [1.807, 2.05) is 18.2 Å². The largest absolute Gasteiger partial charge is 0.338 e. The van der Waals surface area contributed by atoms with Gasteiger partial charge in [-0.25, -0.2) is 4.98 Å². The molecule has 1 aliphatic rings. The fraction of sp³-hybridized carbons (Fsp3) is 0.346. The second-order valence-corrected chi connectivity index (χ2v) is 9.12. The SMILES string of the molecule is C=C(CC1(C)CCC(CC)C1)NC(=O)c1ccc(-c2nc3ccc(C=O)cc3[nH]2)cc1. The van der Waals surface area contributed by atoms with Crippen LogP contribution in [0.1, 0.15) is 66.7 Å². The Hall–Kier alpha value is -3.21. The fourth-order valence-electron chi connectivity index (χ4n) is 4.77. The minimum absolute atomic E-state index is 0.134. The summed E-state index contributed by atoms with van der Waals surface area (Å²) in [6.07, 6.45) is 6.55. The summed E-state index contributed by atoms with van der Waals surface area (Å²) < 4.78 is 0. The van der Waals surface area contributed by atoms with Crippen molar-refractivity contribution in [3.8, 4) is 11.4 Å². The average molecular weight is 416 g/mol. The Morgan fingerprint density at radius 1 is 1.29 bits per heavy atom. The molecular formula is C26H29N3O2. The zero-order chi connectivity index (χ0) is 22.0. The van der Waals surface area contributed by atoms with Gasteiger partial charge in [0.25, 0.3) is 5.91 Å². The predicted molar refractivity (Wildman–Crippen MR) is 124 cm³/mol. The van der Waals surface area contributed by atoms with Gasteiger partial charge < -0.3 is 10.3 Å². The van der Waals surface area contributed by atoms with Crippen LogP contribution in [0.3, 0.4) is 0 Å². The van der Waals surface area contributed by atoms with Crippen molar-refractivity contribution in [3.63, 3.8) is 0 Å². The lowest BCUT2D eigenvalue weighted by atomic mass is 9.83. The summed E-state index contributed by atoms with van der Waals surface area (Å²) in [7, 11) is 0. The van der Waals surface area contributed by atoms with Crippen molar-refractivity contribution in [2.24, 2.45) is 11.3 Å². The molecule has 2 aromatic carbocycles. The first-order valence-corrected chi connectivity index (χ1v) is 10.9. The fourth-order valence-corrected chi connectivity index (χ4v) is 4.77. The number of carbonyl (C=O) groups excluding carboxylic acids is 2. The lowest BCUT2D eigenvalue weighted by molar-refractivity contribution is 0.0961. The van der Waals surface area contributed by atoms with E-state index in [2.05, 4.69) is 35.7 Å². The molecule has 2 atom stereocenters. The Bertz CT molecular complexity index is 1130. The maximum absolute atomic E-state index is 12.7. The number of benzene rings is 2. The van der Waals surface area contributed by atoms with E-state index in [1.165, 1.54) is 25.7 Å². The van der Waals surface area contributed by atoms with Crippen molar-refractivity contribution in [1.82, 2.24) is 15.3 Å². The van der Waals surface area contributed by atoms with Crippen LogP contribution in [-0.2, 0) is 0 Å². The molecule has 5 heteroatoms. The summed E-state index contributed by atoms with van der Waals surface area (Å²) in [6.45, 7) is 8.67. The molecule has 0 spiro atoms. The lowest BCUT2D eigenvalue weighted by Gasteiger charge is -2.25. The van der Waals surface area contributed by atoms with Crippen LogP contribution in [0.2, 0.25) is 0 Å². The molecule has 1 fully saturated rings. The van der Waals surface area contributed by atoms with Gasteiger partial charge in [0.15, 0.2) is 0 Å². The number of nitrogens with zero attached hydrogens (tertiary/aromatic N) is 1. The third-order valence-electron chi connectivity index (χ3n) is 6.51. The van der Waals surface area contributed by atoms with Gasteiger partial charge in [0.2, 0.25) is 0 Å². The number of amides is 1. The van der Waals surface area contributed by atoms with Crippen LogP contribution < -0.4 is 5.32 Å². The van der Waals surface area contributed by atoms with Crippen LogP contribution in [0.5, 0.6) is 0 Å². The van der Waals surface area contributed by atoms with Gasteiger partial charge in [0, 0.05) is 22.4 Å². The molecule has 0 aliphatic heterocycles. The van der Waals surface area contributed by atoms with Gasteiger partial charge in [-0.2, -0.15) is 0 Å². The monoisotopic (exact) mass is 415 g/mol. The van der Waals surface area contributed by atoms with E-state index in [0.29, 0.717) is 17.0 Å². The molecule has 5 nitrogen and oxygen atoms in total. The van der Waals surface area contributed by atoms with Gasteiger partial charge in [-0.15, -0.1) is 0 Å². The number of aromatic amines is 1. The molecule has 160 valence electrons. The number of H-pyrrole nitrogens is 1. The van der Waals surface area contributed by atoms with Crippen LogP contribution in [-0.4, -0.2) is 22.2 Å². The molecule has 31 heavy (non-hydrogen) atoms. The molecular weight excluding hydrogens is 386 g/mol. The first-order valence-electron chi connectivity index (χ1n) is 10.9. The van der Waals surface area contributed by atoms with Crippen LogP contribution in [0.25, 0.3) is 22.4 Å². The molecule has 1 aliphatic carbocycles. The van der Waals surface area contributed by atoms with Gasteiger partial charge in [0.1, 0.15) is 12.1 Å². The molecule has 2 unspecified atom stereocenters. The standard InChI is InChI=1S/C26H29N3O2/c1-4-18-11-12-26(3,15-18)14-17(2)27-25(31)21-8-6-20(7-9-21)24-28-22-10-5-19(16-30)13-23(22)29-24/h5-10,13,16,18H,2,4,11-12,14-15H2,1,3H3,(H,27,31)(H,28,29). The Kier molecular flexibility index (Phi) is 5.77. The summed E-state index contributed by atoms with van der Waals surface area (Å²) in [5.41, 5.74) is 4.70. The third-order valence-corrected chi connectivity index (χ3v) is 6.51. The highest BCUT2D eigenvalue weighted by molar-refractivity contribution is 5.95. The number of allylic oxidation sites excluding steroid dienone is 1. The first kappa shape index (κ1) is 21.0. The number of fused-ring (bicyclic) bond motifs is 1. The molecule has 1 heterocycles. The van der Waals surface area contributed by atoms with E-state index >= 15 is 0 Å². The van der Waals surface area contributed by atoms with E-state index in [1.54, 1.807) is 24.3 Å². The molecule has 2 N–H and O–H groups in total. The van der Waals surface area contributed by atoms with Crippen LogP contribution >= 0.6 is 0 Å². The number of nitrogens with one attached hydrogen (secondary N) is 2. The Morgan fingerprint density at radius 3 is 2.74 bits per heavy atom. The van der Waals surface area contributed by atoms with E-state index < -0.39 is 0 Å². The van der Waals surface area contributed by atoms with Gasteiger partial charge in [-0.3, -0.25) is 9.59 Å². The second kappa shape index (κ2) is 8.50. The number of rotatable bonds is 7. The highest BCUT2D eigenvalue weighted by atomic mass is 16.1. The van der Waals surface area contributed by atoms with Crippen LogP contribution in [0.15, 0.2) is 54.7 Å². The predicted octanol–water partition coefficient (Wildman–Crippen LogP) is 5.89. The van der Waals surface area contributed by atoms with E-state index in [9.17, 15) is 9.59 Å². The van der Waals surface area contributed by atoms with Gasteiger partial charge in [-0.1, -0.05) is 39.0 Å². The molecule has 1 aromatic heterocycles. The maximum Gasteiger partial charge on any atom is 0.255 e. The zero-order valence-corrected chi connectivity index (χ0v) is 18.2. The topological polar surface area (TPSA) is 74.8 Å². The molecule has 0 radical (unpaired) electrons. The van der Waals surface area contributed by atoms with Gasteiger partial charge >= 0.3 is 0 Å². The molecule has 1 amide bonds. The van der Waals surface area contributed by atoms with Crippen molar-refractivity contribution in [3.05, 3.63) is 65.9 Å². The van der Waals surface area contributed by atoms with Crippen molar-refractivity contribution in [2.45, 2.75) is 46.0 Å². The summed E-state index contributed by atoms with van der Waals surface area (Å²) in [5.74, 6) is 1.36. The summed E-state index contributed by atoms with van der Waals surface area (Å²) in [4.78, 5) is 31.5. The highest BCUT2D eigenvalue weighted by Crippen LogP contribution is 2.46. The molecule has 1 saturated carbocycles. The summed E-state index contributed by atoms with van der Waals surface area (Å²) >= 11 is 0. The normalized spacial score (nSPS) is 20.6. The molecule has 0 saturated heterocycles. The summed E-state index contributed by atoms with van der Waals surface area (Å²) in [6, 6.07) is 12.7. The second-order valence-electron chi connectivity index (χ2n) is 9.12. The van der Waals surface area contributed by atoms with Crippen molar-refractivity contribution < 1.29 is 9.59 Å². The van der Waals surface area contributed by atoms with Crippen LogP contribution in [0.4, 0.5) is 0 Å². The van der Waals surface area contributed by atoms with Crippen molar-refractivity contribution >= 4 is 23.2 Å². The van der Waals surface area contributed by atoms with Gasteiger partial charge in [-0.05, 0) is 67.3 Å². The minimum atomic E-state index is -0.134. The van der Waals surface area contributed by atoms with E-state index in [0.717, 1.165) is 40.9 Å². The maximum atomic E-state index is 12.7. The third kappa shape index (κ3) is 4.61. The Balaban J connectivity index is 1.41. The molecule has 4 rings (SSSR count). The minimum Gasteiger partial charge on any atom is -0.338 e. The number of aromatic nitrogens is 2. The van der Waals surface area contributed by atoms with Crippen molar-refractivity contribution in [1.29, 1.82) is 0 Å². The van der Waals surface area contributed by atoms with Gasteiger partial charge in [0.05, 0.1) is 11.0 Å².